The Morgan fingerprint density at radius 3 is 2.19 bits per heavy atom. The fourth-order valence-electron chi connectivity index (χ4n) is 2.00. The molecule has 0 unspecified atom stereocenters. The topological polar surface area (TPSA) is 44.8 Å². The van der Waals surface area contributed by atoms with Crippen LogP contribution in [0.5, 0.6) is 0 Å². The van der Waals surface area contributed by atoms with Gasteiger partial charge in [-0.1, -0.05) is 0 Å². The van der Waals surface area contributed by atoms with Crippen LogP contribution in [-0.4, -0.2) is 31.4 Å². The summed E-state index contributed by atoms with van der Waals surface area (Å²) < 4.78 is 16.5. The number of methoxy groups -OCH3 is 1. The summed E-state index contributed by atoms with van der Waals surface area (Å²) >= 11 is 0. The van der Waals surface area contributed by atoms with Gasteiger partial charge in [-0.15, -0.1) is 0 Å². The lowest BCUT2D eigenvalue weighted by Crippen LogP contribution is -2.41. The molecule has 1 heterocycles. The average molecular weight is 226 g/mol. The van der Waals surface area contributed by atoms with Crippen LogP contribution >= 0.6 is 0 Å². The van der Waals surface area contributed by atoms with Crippen molar-refractivity contribution in [1.82, 2.24) is 0 Å². The molecule has 0 amide bonds. The van der Waals surface area contributed by atoms with E-state index in [4.69, 9.17) is 14.0 Å². The number of rotatable bonds is 2. The molecule has 1 aliphatic carbocycles. The van der Waals surface area contributed by atoms with Gasteiger partial charge < -0.3 is 14.0 Å². The van der Waals surface area contributed by atoms with Crippen LogP contribution in [0.3, 0.4) is 0 Å². The Hall–Kier alpha value is -0.545. The van der Waals surface area contributed by atoms with Gasteiger partial charge in [-0.25, -0.2) is 0 Å². The summed E-state index contributed by atoms with van der Waals surface area (Å²) in [6, 6.07) is 0. The second kappa shape index (κ2) is 3.47. The zero-order chi connectivity index (χ0) is 12.1. The molecule has 0 N–H and O–H groups in total. The van der Waals surface area contributed by atoms with Gasteiger partial charge >= 0.3 is 13.1 Å². The van der Waals surface area contributed by atoms with Gasteiger partial charge in [0.15, 0.2) is 0 Å². The van der Waals surface area contributed by atoms with E-state index in [1.807, 2.05) is 27.7 Å². The van der Waals surface area contributed by atoms with E-state index in [-0.39, 0.29) is 36.0 Å². The Bertz CT molecular complexity index is 297. The summed E-state index contributed by atoms with van der Waals surface area (Å²) in [5, 5.41) is 0. The van der Waals surface area contributed by atoms with Crippen molar-refractivity contribution in [3.05, 3.63) is 0 Å². The summed E-state index contributed by atoms with van der Waals surface area (Å²) in [5.74, 6) is -0.0343. The Balaban J connectivity index is 1.99. The van der Waals surface area contributed by atoms with Gasteiger partial charge in [-0.2, -0.15) is 0 Å². The van der Waals surface area contributed by atoms with E-state index in [0.29, 0.717) is 0 Å². The number of ether oxygens (including phenoxy) is 1. The summed E-state index contributed by atoms with van der Waals surface area (Å²) in [6.07, 6.45) is 0.809. The highest BCUT2D eigenvalue weighted by atomic mass is 16.7. The summed E-state index contributed by atoms with van der Waals surface area (Å²) in [5.41, 5.74) is -0.637. The second-order valence-corrected chi connectivity index (χ2v) is 5.65. The van der Waals surface area contributed by atoms with E-state index >= 15 is 0 Å². The molecular formula is C11H19BO4. The summed E-state index contributed by atoms with van der Waals surface area (Å²) in [6.45, 7) is 8.07. The molecule has 0 aromatic rings. The smallest absolute Gasteiger partial charge is 0.462 e. The van der Waals surface area contributed by atoms with Gasteiger partial charge in [0.05, 0.1) is 24.2 Å². The van der Waals surface area contributed by atoms with E-state index in [1.54, 1.807) is 0 Å². The van der Waals surface area contributed by atoms with Crippen LogP contribution < -0.4 is 0 Å². The van der Waals surface area contributed by atoms with Crippen molar-refractivity contribution in [2.45, 2.75) is 51.1 Å². The van der Waals surface area contributed by atoms with Crippen molar-refractivity contribution in [2.24, 2.45) is 5.92 Å². The highest BCUT2D eigenvalue weighted by Crippen LogP contribution is 2.53. The third-order valence-electron chi connectivity index (χ3n) is 3.96. The van der Waals surface area contributed by atoms with E-state index in [9.17, 15) is 4.79 Å². The molecule has 2 aliphatic rings. The number of carbonyl (C=O) groups is 1. The van der Waals surface area contributed by atoms with Crippen molar-refractivity contribution in [3.8, 4) is 0 Å². The van der Waals surface area contributed by atoms with Crippen molar-refractivity contribution in [3.63, 3.8) is 0 Å². The van der Waals surface area contributed by atoms with Gasteiger partial charge in [-0.3, -0.25) is 4.79 Å². The lowest BCUT2D eigenvalue weighted by atomic mass is 9.80. The largest absolute Gasteiger partial charge is 0.469 e. The first-order chi connectivity index (χ1) is 7.28. The van der Waals surface area contributed by atoms with Crippen molar-refractivity contribution >= 4 is 13.1 Å². The van der Waals surface area contributed by atoms with Gasteiger partial charge in [0, 0.05) is 5.82 Å². The van der Waals surface area contributed by atoms with Crippen LogP contribution in [0.25, 0.3) is 0 Å². The SMILES string of the molecule is COC(=O)[C@H]1C[C@@H]1B1OC(C)(C)C(C)(C)O1. The summed E-state index contributed by atoms with van der Waals surface area (Å²) in [7, 11) is 1.15. The second-order valence-electron chi connectivity index (χ2n) is 5.65. The zero-order valence-corrected chi connectivity index (χ0v) is 10.6. The number of hydrogen-bond acceptors (Lipinski definition) is 4. The third kappa shape index (κ3) is 1.76. The molecule has 5 heteroatoms. The van der Waals surface area contributed by atoms with Gasteiger partial charge in [-0.05, 0) is 34.1 Å². The molecule has 16 heavy (non-hydrogen) atoms. The van der Waals surface area contributed by atoms with Crippen LogP contribution in [0, 0.1) is 5.92 Å². The standard InChI is InChI=1S/C11H19BO4/c1-10(2)11(3,4)16-12(15-10)8-6-7(8)9(13)14-5/h7-8H,6H2,1-5H3/t7-,8-/m0/s1. The van der Waals surface area contributed by atoms with Crippen LogP contribution in [0.15, 0.2) is 0 Å². The molecule has 1 saturated carbocycles. The van der Waals surface area contributed by atoms with Crippen LogP contribution in [0.2, 0.25) is 5.82 Å². The molecule has 0 aromatic heterocycles. The maximum atomic E-state index is 11.3. The first kappa shape index (κ1) is 11.9. The zero-order valence-electron chi connectivity index (χ0n) is 10.6. The molecule has 0 spiro atoms. The van der Waals surface area contributed by atoms with E-state index in [0.717, 1.165) is 6.42 Å². The number of esters is 1. The fourth-order valence-corrected chi connectivity index (χ4v) is 2.00. The van der Waals surface area contributed by atoms with Crippen LogP contribution in [0.1, 0.15) is 34.1 Å². The number of carbonyl (C=O) groups excluding carboxylic acids is 1. The van der Waals surface area contributed by atoms with Gasteiger partial charge in [0.25, 0.3) is 0 Å². The molecular weight excluding hydrogens is 207 g/mol. The molecule has 90 valence electrons. The van der Waals surface area contributed by atoms with Gasteiger partial charge in [0.2, 0.25) is 0 Å². The van der Waals surface area contributed by atoms with Crippen LogP contribution in [-0.2, 0) is 18.8 Å². The van der Waals surface area contributed by atoms with E-state index < -0.39 is 0 Å². The van der Waals surface area contributed by atoms with E-state index in [2.05, 4.69) is 0 Å². The Labute approximate surface area is 96.8 Å². The quantitative estimate of drug-likeness (QED) is 0.530. The van der Waals surface area contributed by atoms with Crippen molar-refractivity contribution in [2.75, 3.05) is 7.11 Å². The molecule has 0 bridgehead atoms. The highest BCUT2D eigenvalue weighted by Gasteiger charge is 2.61. The lowest BCUT2D eigenvalue weighted by molar-refractivity contribution is -0.142. The molecule has 2 atom stereocenters. The lowest BCUT2D eigenvalue weighted by Gasteiger charge is -2.32. The minimum absolute atomic E-state index is 0.0419. The predicted octanol–water partition coefficient (Wildman–Crippen LogP) is 1.64. The summed E-state index contributed by atoms with van der Waals surface area (Å²) in [4.78, 5) is 11.3. The Morgan fingerprint density at radius 1 is 1.25 bits per heavy atom. The maximum absolute atomic E-state index is 11.3. The minimum Gasteiger partial charge on any atom is -0.469 e. The molecule has 0 aromatic carbocycles. The molecule has 0 radical (unpaired) electrons. The molecule has 2 fully saturated rings. The predicted molar refractivity (Wildman–Crippen MR) is 60.0 cm³/mol. The molecule has 4 nitrogen and oxygen atoms in total. The molecule has 1 aliphatic heterocycles. The highest BCUT2D eigenvalue weighted by molar-refractivity contribution is 6.49. The first-order valence-electron chi connectivity index (χ1n) is 5.72. The minimum atomic E-state index is -0.319. The normalized spacial score (nSPS) is 34.9. The average Bonchev–Trinajstić information content (AvgIpc) is 2.90. The van der Waals surface area contributed by atoms with Gasteiger partial charge in [0.1, 0.15) is 0 Å². The first-order valence-corrected chi connectivity index (χ1v) is 5.72. The number of hydrogen-bond donors (Lipinski definition) is 0. The van der Waals surface area contributed by atoms with Crippen molar-refractivity contribution < 1.29 is 18.8 Å². The Kier molecular flexibility index (Phi) is 2.59. The maximum Gasteiger partial charge on any atom is 0.462 e. The fraction of sp³-hybridized carbons (Fsp3) is 0.909. The monoisotopic (exact) mass is 226 g/mol. The molecule has 1 saturated heterocycles. The van der Waals surface area contributed by atoms with Crippen molar-refractivity contribution in [1.29, 1.82) is 0 Å². The third-order valence-corrected chi connectivity index (χ3v) is 3.96. The Morgan fingerprint density at radius 2 is 1.75 bits per heavy atom. The van der Waals surface area contributed by atoms with Crippen LogP contribution in [0.4, 0.5) is 0 Å². The molecule has 2 rings (SSSR count). The van der Waals surface area contributed by atoms with E-state index in [1.165, 1.54) is 7.11 Å².